The van der Waals surface area contributed by atoms with E-state index in [0.717, 1.165) is 16.9 Å². The van der Waals surface area contributed by atoms with Crippen LogP contribution in [0.25, 0.3) is 5.69 Å². The molecule has 262 valence electrons. The molecule has 4 aromatic rings. The Hall–Kier alpha value is -4.57. The summed E-state index contributed by atoms with van der Waals surface area (Å²) in [6, 6.07) is 16.6. The molecular formula is C33H38ClFN6O7S. The number of hydrogen-bond acceptors (Lipinski definition) is 8. The van der Waals surface area contributed by atoms with E-state index in [9.17, 15) is 22.4 Å². The molecule has 49 heavy (non-hydrogen) atoms. The van der Waals surface area contributed by atoms with Crippen molar-refractivity contribution in [3.05, 3.63) is 94.5 Å². The number of nitrogens with zero attached hydrogens (tertiary/aromatic N) is 4. The third-order valence-corrected chi connectivity index (χ3v) is 7.43. The number of rotatable bonds is 7. The van der Waals surface area contributed by atoms with Crippen molar-refractivity contribution in [2.75, 3.05) is 30.0 Å². The van der Waals surface area contributed by atoms with Crippen LogP contribution < -0.4 is 15.5 Å². The van der Waals surface area contributed by atoms with Gasteiger partial charge in [-0.3, -0.25) is 14.7 Å². The first-order chi connectivity index (χ1) is 23.0. The number of hydrogen-bond donors (Lipinski definition) is 3. The SMILES string of the molecule is CS(=O)(=O)O.Cc1ccc(-n2nc(C(C)(C)C)cc2NC(=O)Nc2cnc(OOC3CCN(C(=O)c4ccccc4F)CC3)c(Cl)c2)cc1. The number of nitrogens with one attached hydrogen (secondary N) is 2. The summed E-state index contributed by atoms with van der Waals surface area (Å²) in [7, 11) is -3.67. The predicted octanol–water partition coefficient (Wildman–Crippen LogP) is 6.43. The minimum Gasteiger partial charge on any atom is -0.338 e. The number of urea groups is 1. The summed E-state index contributed by atoms with van der Waals surface area (Å²) in [6.45, 7) is 8.94. The van der Waals surface area contributed by atoms with Crippen molar-refractivity contribution < 1.29 is 36.7 Å². The molecule has 0 atom stereocenters. The Morgan fingerprint density at radius 3 is 2.27 bits per heavy atom. The van der Waals surface area contributed by atoms with E-state index in [2.05, 4.69) is 36.4 Å². The average molecular weight is 717 g/mol. The third-order valence-electron chi connectivity index (χ3n) is 7.16. The van der Waals surface area contributed by atoms with E-state index in [-0.39, 0.29) is 33.9 Å². The Morgan fingerprint density at radius 2 is 1.67 bits per heavy atom. The molecule has 3 heterocycles. The highest BCUT2D eigenvalue weighted by Crippen LogP contribution is 2.28. The van der Waals surface area contributed by atoms with Crippen LogP contribution in [-0.4, -0.2) is 70.0 Å². The third kappa shape index (κ3) is 11.0. The maximum absolute atomic E-state index is 14.0. The van der Waals surface area contributed by atoms with Crippen molar-refractivity contribution in [2.45, 2.75) is 52.1 Å². The van der Waals surface area contributed by atoms with E-state index in [1.807, 2.05) is 37.3 Å². The van der Waals surface area contributed by atoms with E-state index < -0.39 is 22.0 Å². The van der Waals surface area contributed by atoms with Crippen molar-refractivity contribution in [3.63, 3.8) is 0 Å². The van der Waals surface area contributed by atoms with Crippen LogP contribution in [0.2, 0.25) is 5.02 Å². The molecule has 0 spiro atoms. The first-order valence-electron chi connectivity index (χ1n) is 15.2. The zero-order valence-corrected chi connectivity index (χ0v) is 29.2. The number of aromatic nitrogens is 3. The highest BCUT2D eigenvalue weighted by molar-refractivity contribution is 7.85. The van der Waals surface area contributed by atoms with Crippen LogP contribution in [0.4, 0.5) is 20.7 Å². The van der Waals surface area contributed by atoms with Gasteiger partial charge in [-0.2, -0.15) is 18.4 Å². The molecule has 3 N–H and O–H groups in total. The molecule has 2 aromatic heterocycles. The molecule has 1 saturated heterocycles. The highest BCUT2D eigenvalue weighted by atomic mass is 35.5. The van der Waals surface area contributed by atoms with Crippen LogP contribution in [0.1, 0.15) is 55.2 Å². The lowest BCUT2D eigenvalue weighted by atomic mass is 9.92. The Bertz CT molecular complexity index is 1880. The van der Waals surface area contributed by atoms with Gasteiger partial charge in [-0.1, -0.05) is 62.2 Å². The summed E-state index contributed by atoms with van der Waals surface area (Å²) in [5.74, 6) is -0.354. The van der Waals surface area contributed by atoms with Gasteiger partial charge in [0, 0.05) is 24.6 Å². The van der Waals surface area contributed by atoms with Gasteiger partial charge in [0.25, 0.3) is 21.9 Å². The molecular weight excluding hydrogens is 679 g/mol. The predicted molar refractivity (Wildman–Crippen MR) is 183 cm³/mol. The van der Waals surface area contributed by atoms with Gasteiger partial charge in [0.05, 0.1) is 35.1 Å². The van der Waals surface area contributed by atoms with Gasteiger partial charge >= 0.3 is 6.03 Å². The van der Waals surface area contributed by atoms with Crippen LogP contribution in [0.5, 0.6) is 5.88 Å². The summed E-state index contributed by atoms with van der Waals surface area (Å²) >= 11 is 6.37. The van der Waals surface area contributed by atoms with E-state index in [1.54, 1.807) is 21.7 Å². The molecule has 16 heteroatoms. The standard InChI is InChI=1S/C32H34ClFN6O4.CH4O3S/c1-20-9-11-22(12-10-20)40-28(18-27(38-40)32(2,3)4)37-31(42)36-21-17-25(33)29(35-19-21)44-43-23-13-15-39(16-14-23)30(41)24-7-5-6-8-26(24)34;1-5(2,3)4/h5-12,17-19,23H,13-16H2,1-4H3,(H2,36,37,42);1H3,(H,2,3,4). The molecule has 0 radical (unpaired) electrons. The zero-order valence-electron chi connectivity index (χ0n) is 27.6. The molecule has 5 rings (SSSR count). The first kappa shape index (κ1) is 37.3. The molecule has 0 aliphatic carbocycles. The Labute approximate surface area is 289 Å². The summed E-state index contributed by atoms with van der Waals surface area (Å²) < 4.78 is 41.6. The normalized spacial score (nSPS) is 13.7. The Balaban J connectivity index is 0.00000101. The van der Waals surface area contributed by atoms with Gasteiger partial charge in [-0.15, -0.1) is 0 Å². The second kappa shape index (κ2) is 15.8. The summed E-state index contributed by atoms with van der Waals surface area (Å²) in [5, 5.41) is 10.5. The number of carbonyl (C=O) groups is 2. The minimum absolute atomic E-state index is 0.0368. The van der Waals surface area contributed by atoms with Crippen LogP contribution in [0.15, 0.2) is 66.9 Å². The molecule has 1 aliphatic rings. The number of piperidine rings is 1. The molecule has 2 aromatic carbocycles. The van der Waals surface area contributed by atoms with Gasteiger partial charge in [0.1, 0.15) is 22.8 Å². The van der Waals surface area contributed by atoms with Gasteiger partial charge in [0.15, 0.2) is 0 Å². The molecule has 13 nitrogen and oxygen atoms in total. The lowest BCUT2D eigenvalue weighted by Crippen LogP contribution is -2.41. The van der Waals surface area contributed by atoms with Gasteiger partial charge in [-0.25, -0.2) is 18.9 Å². The molecule has 1 aliphatic heterocycles. The van der Waals surface area contributed by atoms with E-state index >= 15 is 0 Å². The summed E-state index contributed by atoms with van der Waals surface area (Å²) in [5.41, 5.74) is 2.92. The fraction of sp³-hybridized carbons (Fsp3) is 0.333. The number of aryl methyl sites for hydroxylation is 1. The highest BCUT2D eigenvalue weighted by Gasteiger charge is 2.27. The van der Waals surface area contributed by atoms with Crippen molar-refractivity contribution in [1.82, 2.24) is 19.7 Å². The van der Waals surface area contributed by atoms with Crippen molar-refractivity contribution in [3.8, 4) is 11.6 Å². The van der Waals surface area contributed by atoms with Crippen LogP contribution >= 0.6 is 11.6 Å². The zero-order chi connectivity index (χ0) is 35.9. The van der Waals surface area contributed by atoms with Crippen LogP contribution in [-0.2, 0) is 20.4 Å². The second-order valence-corrected chi connectivity index (χ2v) is 14.3. The summed E-state index contributed by atoms with van der Waals surface area (Å²) in [4.78, 5) is 42.3. The lowest BCUT2D eigenvalue weighted by molar-refractivity contribution is -0.254. The Kier molecular flexibility index (Phi) is 12.0. The van der Waals surface area contributed by atoms with Crippen molar-refractivity contribution in [2.24, 2.45) is 0 Å². The van der Waals surface area contributed by atoms with Gasteiger partial charge in [0.2, 0.25) is 0 Å². The van der Waals surface area contributed by atoms with E-state index in [4.69, 9.17) is 31.0 Å². The molecule has 0 saturated carbocycles. The largest absolute Gasteiger partial charge is 0.338 e. The molecule has 1 fully saturated rings. The van der Waals surface area contributed by atoms with E-state index in [0.29, 0.717) is 43.7 Å². The maximum atomic E-state index is 14.0. The smallest absolute Gasteiger partial charge is 0.324 e. The average Bonchev–Trinajstić information content (AvgIpc) is 3.45. The molecule has 0 bridgehead atoms. The fourth-order valence-electron chi connectivity index (χ4n) is 4.63. The van der Waals surface area contributed by atoms with E-state index in [1.165, 1.54) is 24.4 Å². The van der Waals surface area contributed by atoms with Crippen molar-refractivity contribution in [1.29, 1.82) is 0 Å². The topological polar surface area (TPSA) is 165 Å². The first-order valence-corrected chi connectivity index (χ1v) is 17.4. The van der Waals surface area contributed by atoms with Crippen LogP contribution in [0, 0.1) is 12.7 Å². The molecule has 3 amide bonds. The number of halogens is 2. The van der Waals surface area contributed by atoms with Gasteiger partial charge < -0.3 is 15.1 Å². The summed E-state index contributed by atoms with van der Waals surface area (Å²) in [6.07, 6.45) is 2.80. The van der Waals surface area contributed by atoms with Crippen LogP contribution in [0.3, 0.4) is 0 Å². The minimum atomic E-state index is -3.67. The second-order valence-electron chi connectivity index (χ2n) is 12.4. The molecule has 0 unspecified atom stereocenters. The number of carbonyl (C=O) groups excluding carboxylic acids is 2. The number of pyridine rings is 1. The quantitative estimate of drug-likeness (QED) is 0.111. The fourth-order valence-corrected chi connectivity index (χ4v) is 4.82. The van der Waals surface area contributed by atoms with Gasteiger partial charge in [-0.05, 0) is 50.1 Å². The van der Waals surface area contributed by atoms with Crippen molar-refractivity contribution >= 4 is 45.2 Å². The Morgan fingerprint density at radius 1 is 1.04 bits per heavy atom. The monoisotopic (exact) mass is 716 g/mol. The maximum Gasteiger partial charge on any atom is 0.324 e. The number of benzene rings is 2. The number of amides is 3. The number of anilines is 2. The number of likely N-dealkylation sites (tertiary alicyclic amines) is 1. The lowest BCUT2D eigenvalue weighted by Gasteiger charge is -2.31.